The molecule has 2 rings (SSSR count). The van der Waals surface area contributed by atoms with Gasteiger partial charge in [-0.15, -0.1) is 5.10 Å². The molecule has 0 fully saturated rings. The van der Waals surface area contributed by atoms with Crippen LogP contribution in [0.25, 0.3) is 0 Å². The lowest BCUT2D eigenvalue weighted by molar-refractivity contribution is 0.379. The second-order valence-corrected chi connectivity index (χ2v) is 4.05. The van der Waals surface area contributed by atoms with Crippen LogP contribution in [0.2, 0.25) is 0 Å². The number of aromatic nitrogens is 4. The first-order chi connectivity index (χ1) is 8.74. The summed E-state index contributed by atoms with van der Waals surface area (Å²) in [5.41, 5.74) is 0. The van der Waals surface area contributed by atoms with E-state index >= 15 is 0 Å². The zero-order valence-electron chi connectivity index (χ0n) is 10.4. The summed E-state index contributed by atoms with van der Waals surface area (Å²) in [7, 11) is 0. The van der Waals surface area contributed by atoms with Crippen molar-refractivity contribution in [2.75, 3.05) is 11.9 Å². The summed E-state index contributed by atoms with van der Waals surface area (Å²) < 4.78 is 10.3. The maximum absolute atomic E-state index is 5.39. The van der Waals surface area contributed by atoms with E-state index in [0.717, 1.165) is 0 Å². The van der Waals surface area contributed by atoms with Crippen LogP contribution in [0.4, 0.5) is 6.01 Å². The van der Waals surface area contributed by atoms with Crippen LogP contribution in [0.3, 0.4) is 0 Å². The third-order valence-electron chi connectivity index (χ3n) is 2.15. The van der Waals surface area contributed by atoms with Gasteiger partial charge < -0.3 is 19.6 Å². The Hall–Kier alpha value is -1.96. The first-order valence-electron chi connectivity index (χ1n) is 5.79. The molecule has 0 aliphatic rings. The quantitative estimate of drug-likeness (QED) is 0.738. The highest BCUT2D eigenvalue weighted by Crippen LogP contribution is 2.05. The molecule has 0 saturated heterocycles. The summed E-state index contributed by atoms with van der Waals surface area (Å²) >= 11 is 0. The zero-order chi connectivity index (χ0) is 12.8. The maximum atomic E-state index is 5.39. The predicted octanol–water partition coefficient (Wildman–Crippen LogP) is 0.605. The molecule has 2 N–H and O–H groups in total. The molecule has 2 aromatic rings. The maximum Gasteiger partial charge on any atom is 0.315 e. The van der Waals surface area contributed by atoms with Gasteiger partial charge in [0.15, 0.2) is 6.33 Å². The highest BCUT2D eigenvalue weighted by Gasteiger charge is 2.06. The molecule has 0 amide bonds. The second kappa shape index (κ2) is 6.10. The average molecular weight is 252 g/mol. The van der Waals surface area contributed by atoms with Gasteiger partial charge in [0.25, 0.3) is 0 Å². The second-order valence-electron chi connectivity index (χ2n) is 4.05. The van der Waals surface area contributed by atoms with E-state index < -0.39 is 0 Å². The average Bonchev–Trinajstić information content (AvgIpc) is 2.97. The molecule has 0 aliphatic carbocycles. The van der Waals surface area contributed by atoms with Crippen molar-refractivity contribution in [1.29, 1.82) is 0 Å². The Morgan fingerprint density at radius 1 is 1.28 bits per heavy atom. The largest absolute Gasteiger partial charge is 0.407 e. The standard InChI is InChI=1S/C10H16N6O2/c1-7(2)12-5-9-15-16-10(17-9)11-4-3-8-13-6-14-18-8/h6-7,12H,3-5H2,1-2H3,(H,11,16). The predicted molar refractivity (Wildman–Crippen MR) is 62.8 cm³/mol. The minimum absolute atomic E-state index is 0.380. The smallest absolute Gasteiger partial charge is 0.315 e. The third kappa shape index (κ3) is 3.81. The number of nitrogens with zero attached hydrogens (tertiary/aromatic N) is 4. The van der Waals surface area contributed by atoms with E-state index in [1.54, 1.807) is 0 Å². The van der Waals surface area contributed by atoms with Crippen molar-refractivity contribution in [3.05, 3.63) is 18.1 Å². The van der Waals surface area contributed by atoms with Gasteiger partial charge in [0.2, 0.25) is 11.8 Å². The highest BCUT2D eigenvalue weighted by atomic mass is 16.5. The first kappa shape index (κ1) is 12.5. The molecule has 0 radical (unpaired) electrons. The molecular formula is C10H16N6O2. The van der Waals surface area contributed by atoms with Gasteiger partial charge in [-0.1, -0.05) is 24.1 Å². The molecule has 0 saturated carbocycles. The van der Waals surface area contributed by atoms with E-state index in [1.165, 1.54) is 6.33 Å². The molecule has 0 spiro atoms. The number of nitrogens with one attached hydrogen (secondary N) is 2. The number of anilines is 1. The van der Waals surface area contributed by atoms with E-state index in [1.807, 2.05) is 0 Å². The van der Waals surface area contributed by atoms with E-state index in [-0.39, 0.29) is 0 Å². The molecule has 0 unspecified atom stereocenters. The van der Waals surface area contributed by atoms with Crippen molar-refractivity contribution in [2.45, 2.75) is 32.9 Å². The Kier molecular flexibility index (Phi) is 4.24. The van der Waals surface area contributed by atoms with Gasteiger partial charge in [-0.25, -0.2) is 0 Å². The van der Waals surface area contributed by atoms with Crippen molar-refractivity contribution in [3.63, 3.8) is 0 Å². The topological polar surface area (TPSA) is 102 Å². The molecule has 2 aromatic heterocycles. The van der Waals surface area contributed by atoms with E-state index in [2.05, 4.69) is 44.8 Å². The summed E-state index contributed by atoms with van der Waals surface area (Å²) in [6.45, 7) is 5.28. The summed E-state index contributed by atoms with van der Waals surface area (Å²) in [4.78, 5) is 3.91. The number of hydrogen-bond donors (Lipinski definition) is 2. The molecule has 8 nitrogen and oxygen atoms in total. The summed E-state index contributed by atoms with van der Waals surface area (Å²) in [5, 5.41) is 17.5. The molecule has 8 heteroatoms. The van der Waals surface area contributed by atoms with Crippen molar-refractivity contribution >= 4 is 6.01 Å². The van der Waals surface area contributed by atoms with E-state index in [4.69, 9.17) is 8.94 Å². The number of rotatable bonds is 7. The first-order valence-corrected chi connectivity index (χ1v) is 5.79. The fourth-order valence-electron chi connectivity index (χ4n) is 1.27. The molecule has 0 atom stereocenters. The van der Waals surface area contributed by atoms with Crippen LogP contribution in [-0.4, -0.2) is 32.9 Å². The van der Waals surface area contributed by atoms with Gasteiger partial charge in [0, 0.05) is 19.0 Å². The van der Waals surface area contributed by atoms with Gasteiger partial charge in [-0.2, -0.15) is 4.98 Å². The summed E-state index contributed by atoms with van der Waals surface area (Å²) in [6, 6.07) is 0.779. The van der Waals surface area contributed by atoms with Crippen molar-refractivity contribution in [3.8, 4) is 0 Å². The van der Waals surface area contributed by atoms with E-state index in [0.29, 0.717) is 43.3 Å². The monoisotopic (exact) mass is 252 g/mol. The lowest BCUT2D eigenvalue weighted by Gasteiger charge is -2.03. The van der Waals surface area contributed by atoms with Crippen LogP contribution in [0, 0.1) is 0 Å². The SMILES string of the molecule is CC(C)NCc1nnc(NCCc2ncno2)o1. The molecule has 0 aromatic carbocycles. The Morgan fingerprint density at radius 2 is 2.17 bits per heavy atom. The Balaban J connectivity index is 1.73. The summed E-state index contributed by atoms with van der Waals surface area (Å²) in [5.74, 6) is 1.13. The van der Waals surface area contributed by atoms with Crippen molar-refractivity contribution in [1.82, 2.24) is 25.7 Å². The molecule has 0 bridgehead atoms. The van der Waals surface area contributed by atoms with Crippen LogP contribution in [0.5, 0.6) is 0 Å². The molecule has 2 heterocycles. The highest BCUT2D eigenvalue weighted by molar-refractivity contribution is 5.16. The van der Waals surface area contributed by atoms with Gasteiger partial charge in [-0.3, -0.25) is 0 Å². The minimum Gasteiger partial charge on any atom is -0.407 e. The Labute approximate surface area is 104 Å². The van der Waals surface area contributed by atoms with Crippen LogP contribution in [-0.2, 0) is 13.0 Å². The minimum atomic E-state index is 0.380. The fraction of sp³-hybridized carbons (Fsp3) is 0.600. The van der Waals surface area contributed by atoms with E-state index in [9.17, 15) is 0 Å². The zero-order valence-corrected chi connectivity index (χ0v) is 10.4. The summed E-state index contributed by atoms with van der Waals surface area (Å²) in [6.07, 6.45) is 1.99. The van der Waals surface area contributed by atoms with Crippen molar-refractivity contribution in [2.24, 2.45) is 0 Å². The lowest BCUT2D eigenvalue weighted by Crippen LogP contribution is -2.21. The molecular weight excluding hydrogens is 236 g/mol. The van der Waals surface area contributed by atoms with Crippen molar-refractivity contribution < 1.29 is 8.94 Å². The lowest BCUT2D eigenvalue weighted by atomic mass is 10.4. The number of hydrogen-bond acceptors (Lipinski definition) is 8. The van der Waals surface area contributed by atoms with Gasteiger partial charge in [0.1, 0.15) is 0 Å². The molecule has 18 heavy (non-hydrogen) atoms. The Bertz CT molecular complexity index is 453. The van der Waals surface area contributed by atoms with Crippen LogP contribution >= 0.6 is 0 Å². The normalized spacial score (nSPS) is 11.1. The molecule has 0 aliphatic heterocycles. The van der Waals surface area contributed by atoms with Crippen LogP contribution in [0.1, 0.15) is 25.6 Å². The van der Waals surface area contributed by atoms with Gasteiger partial charge in [-0.05, 0) is 0 Å². The van der Waals surface area contributed by atoms with Gasteiger partial charge >= 0.3 is 6.01 Å². The van der Waals surface area contributed by atoms with Crippen LogP contribution in [0.15, 0.2) is 15.3 Å². The van der Waals surface area contributed by atoms with Crippen LogP contribution < -0.4 is 10.6 Å². The Morgan fingerprint density at radius 3 is 2.89 bits per heavy atom. The third-order valence-corrected chi connectivity index (χ3v) is 2.15. The fourth-order valence-corrected chi connectivity index (χ4v) is 1.27. The van der Waals surface area contributed by atoms with Gasteiger partial charge in [0.05, 0.1) is 6.54 Å². The molecule has 98 valence electrons.